The Hall–Kier alpha value is -1.99. The van der Waals surface area contributed by atoms with Crippen LogP contribution in [0.5, 0.6) is 0 Å². The van der Waals surface area contributed by atoms with E-state index in [0.29, 0.717) is 19.0 Å². The number of aliphatic imine (C=N–C) groups is 1. The van der Waals surface area contributed by atoms with E-state index in [0.717, 1.165) is 25.9 Å². The molecular formula is C17H33N5O3. The molecule has 144 valence electrons. The highest BCUT2D eigenvalue weighted by Crippen LogP contribution is 2.12. The van der Waals surface area contributed by atoms with Gasteiger partial charge in [0, 0.05) is 26.2 Å². The minimum absolute atomic E-state index is 0.00706. The van der Waals surface area contributed by atoms with Crippen molar-refractivity contribution in [1.82, 2.24) is 20.9 Å². The minimum atomic E-state index is -0.509. The Morgan fingerprint density at radius 1 is 1.24 bits per heavy atom. The average molecular weight is 355 g/mol. The highest BCUT2D eigenvalue weighted by molar-refractivity contribution is 5.85. The predicted octanol–water partition coefficient (Wildman–Crippen LogP) is 1.08. The summed E-state index contributed by atoms with van der Waals surface area (Å²) in [5, 5.41) is 8.90. The standard InChI is InChI=1S/C17H33N5O3/c1-6-9-19-14(23)11-20-15(18-7-2)22-10-8-13(12-22)21-16(24)25-17(3,4)5/h13H,6-12H2,1-5H3,(H,18,20)(H,19,23)(H,21,24). The molecule has 1 aliphatic rings. The maximum Gasteiger partial charge on any atom is 0.407 e. The SMILES string of the molecule is CCCNC(=O)CN=C(NCC)N1CCC(NC(=O)OC(C)(C)C)C1. The van der Waals surface area contributed by atoms with Crippen LogP contribution in [0.2, 0.25) is 0 Å². The van der Waals surface area contributed by atoms with Gasteiger partial charge in [0.25, 0.3) is 0 Å². The van der Waals surface area contributed by atoms with Gasteiger partial charge in [-0.05, 0) is 40.5 Å². The summed E-state index contributed by atoms with van der Waals surface area (Å²) < 4.78 is 5.29. The van der Waals surface area contributed by atoms with E-state index < -0.39 is 11.7 Å². The van der Waals surface area contributed by atoms with E-state index in [9.17, 15) is 9.59 Å². The summed E-state index contributed by atoms with van der Waals surface area (Å²) >= 11 is 0. The van der Waals surface area contributed by atoms with Crippen molar-refractivity contribution >= 4 is 18.0 Å². The molecule has 25 heavy (non-hydrogen) atoms. The first kappa shape index (κ1) is 21.1. The van der Waals surface area contributed by atoms with Crippen molar-refractivity contribution in [2.24, 2.45) is 4.99 Å². The second kappa shape index (κ2) is 10.1. The van der Waals surface area contributed by atoms with Crippen LogP contribution in [0.15, 0.2) is 4.99 Å². The molecule has 0 aliphatic carbocycles. The van der Waals surface area contributed by atoms with Gasteiger partial charge in [0.2, 0.25) is 5.91 Å². The fraction of sp³-hybridized carbons (Fsp3) is 0.824. The molecule has 0 saturated carbocycles. The van der Waals surface area contributed by atoms with E-state index in [1.54, 1.807) is 0 Å². The number of hydrogen-bond donors (Lipinski definition) is 3. The van der Waals surface area contributed by atoms with Crippen LogP contribution in [-0.2, 0) is 9.53 Å². The molecule has 0 aromatic carbocycles. The van der Waals surface area contributed by atoms with Crippen LogP contribution < -0.4 is 16.0 Å². The van der Waals surface area contributed by atoms with Crippen molar-refractivity contribution in [3.05, 3.63) is 0 Å². The Balaban J connectivity index is 2.53. The lowest BCUT2D eigenvalue weighted by Gasteiger charge is -2.23. The first-order chi connectivity index (χ1) is 11.7. The molecule has 0 spiro atoms. The van der Waals surface area contributed by atoms with Gasteiger partial charge >= 0.3 is 6.09 Å². The number of likely N-dealkylation sites (tertiary alicyclic amines) is 1. The summed E-state index contributed by atoms with van der Waals surface area (Å²) in [6.07, 6.45) is 1.31. The molecule has 8 heteroatoms. The molecule has 0 aromatic heterocycles. The number of nitrogens with zero attached hydrogens (tertiary/aromatic N) is 2. The quantitative estimate of drug-likeness (QED) is 0.489. The maximum absolute atomic E-state index is 11.9. The number of alkyl carbamates (subject to hydrolysis) is 1. The third-order valence-corrected chi connectivity index (χ3v) is 3.49. The van der Waals surface area contributed by atoms with Gasteiger partial charge in [0.15, 0.2) is 5.96 Å². The number of nitrogens with one attached hydrogen (secondary N) is 3. The highest BCUT2D eigenvalue weighted by atomic mass is 16.6. The van der Waals surface area contributed by atoms with Gasteiger partial charge in [-0.3, -0.25) is 4.79 Å². The molecule has 1 fully saturated rings. The second-order valence-electron chi connectivity index (χ2n) is 7.10. The molecule has 0 radical (unpaired) electrons. The largest absolute Gasteiger partial charge is 0.444 e. The van der Waals surface area contributed by atoms with Crippen LogP contribution in [0, 0.1) is 0 Å². The fourth-order valence-corrected chi connectivity index (χ4v) is 2.44. The van der Waals surface area contributed by atoms with Crippen LogP contribution in [0.25, 0.3) is 0 Å². The van der Waals surface area contributed by atoms with Gasteiger partial charge in [-0.25, -0.2) is 9.79 Å². The van der Waals surface area contributed by atoms with Crippen molar-refractivity contribution in [1.29, 1.82) is 0 Å². The van der Waals surface area contributed by atoms with Crippen LogP contribution in [0.3, 0.4) is 0 Å². The van der Waals surface area contributed by atoms with E-state index in [-0.39, 0.29) is 18.5 Å². The Labute approximate surface area is 150 Å². The summed E-state index contributed by atoms with van der Waals surface area (Å²) in [4.78, 5) is 30.1. The Morgan fingerprint density at radius 3 is 2.56 bits per heavy atom. The third-order valence-electron chi connectivity index (χ3n) is 3.49. The molecule has 2 amide bonds. The van der Waals surface area contributed by atoms with Crippen LogP contribution >= 0.6 is 0 Å². The summed E-state index contributed by atoms with van der Waals surface area (Å²) in [5.41, 5.74) is -0.509. The molecule has 1 heterocycles. The lowest BCUT2D eigenvalue weighted by atomic mass is 10.2. The number of rotatable bonds is 6. The number of hydrogen-bond acceptors (Lipinski definition) is 4. The van der Waals surface area contributed by atoms with Gasteiger partial charge in [-0.1, -0.05) is 6.92 Å². The van der Waals surface area contributed by atoms with E-state index in [2.05, 4.69) is 25.8 Å². The van der Waals surface area contributed by atoms with Gasteiger partial charge in [-0.2, -0.15) is 0 Å². The molecule has 0 bridgehead atoms. The molecule has 1 aliphatic heterocycles. The Bertz CT molecular complexity index is 473. The van der Waals surface area contributed by atoms with E-state index in [4.69, 9.17) is 4.74 Å². The Morgan fingerprint density at radius 2 is 1.96 bits per heavy atom. The number of ether oxygens (including phenoxy) is 1. The van der Waals surface area contributed by atoms with Crippen molar-refractivity contribution in [2.75, 3.05) is 32.7 Å². The predicted molar refractivity (Wildman–Crippen MR) is 98.6 cm³/mol. The molecule has 3 N–H and O–H groups in total. The van der Waals surface area contributed by atoms with Crippen molar-refractivity contribution in [2.45, 2.75) is 59.1 Å². The van der Waals surface area contributed by atoms with E-state index in [1.165, 1.54) is 0 Å². The molecule has 0 aromatic rings. The number of carbonyl (C=O) groups excluding carboxylic acids is 2. The van der Waals surface area contributed by atoms with Crippen LogP contribution in [-0.4, -0.2) is 67.2 Å². The van der Waals surface area contributed by atoms with Crippen molar-refractivity contribution < 1.29 is 14.3 Å². The van der Waals surface area contributed by atoms with Crippen molar-refractivity contribution in [3.63, 3.8) is 0 Å². The van der Waals surface area contributed by atoms with Crippen LogP contribution in [0.1, 0.15) is 47.5 Å². The smallest absolute Gasteiger partial charge is 0.407 e. The molecular weight excluding hydrogens is 322 g/mol. The van der Waals surface area contributed by atoms with Gasteiger partial charge in [0.1, 0.15) is 12.1 Å². The normalized spacial score (nSPS) is 18.0. The zero-order valence-corrected chi connectivity index (χ0v) is 16.1. The van der Waals surface area contributed by atoms with Gasteiger partial charge < -0.3 is 25.6 Å². The first-order valence-electron chi connectivity index (χ1n) is 9.04. The van der Waals surface area contributed by atoms with Gasteiger partial charge in [-0.15, -0.1) is 0 Å². The topological polar surface area (TPSA) is 95.1 Å². The number of amides is 2. The number of carbonyl (C=O) groups is 2. The van der Waals surface area contributed by atoms with Gasteiger partial charge in [0.05, 0.1) is 6.04 Å². The van der Waals surface area contributed by atoms with E-state index in [1.807, 2.05) is 34.6 Å². The highest BCUT2D eigenvalue weighted by Gasteiger charge is 2.27. The summed E-state index contributed by atoms with van der Waals surface area (Å²) in [6.45, 7) is 12.4. The van der Waals surface area contributed by atoms with Crippen molar-refractivity contribution in [3.8, 4) is 0 Å². The average Bonchev–Trinajstić information content (AvgIpc) is 2.95. The third kappa shape index (κ3) is 8.60. The number of guanidine groups is 1. The minimum Gasteiger partial charge on any atom is -0.444 e. The molecule has 1 saturated heterocycles. The molecule has 1 rings (SSSR count). The summed E-state index contributed by atoms with van der Waals surface area (Å²) in [5.74, 6) is 0.613. The van der Waals surface area contributed by atoms with Crippen LogP contribution in [0.4, 0.5) is 4.79 Å². The lowest BCUT2D eigenvalue weighted by Crippen LogP contribution is -2.44. The zero-order valence-electron chi connectivity index (χ0n) is 16.1. The lowest BCUT2D eigenvalue weighted by molar-refractivity contribution is -0.119. The first-order valence-corrected chi connectivity index (χ1v) is 9.04. The summed E-state index contributed by atoms with van der Waals surface area (Å²) in [6, 6.07) is 0.00706. The molecule has 8 nitrogen and oxygen atoms in total. The maximum atomic E-state index is 11.9. The Kier molecular flexibility index (Phi) is 8.51. The van der Waals surface area contributed by atoms with E-state index >= 15 is 0 Å². The summed E-state index contributed by atoms with van der Waals surface area (Å²) in [7, 11) is 0. The molecule has 1 atom stereocenters. The second-order valence-corrected chi connectivity index (χ2v) is 7.10. The fourth-order valence-electron chi connectivity index (χ4n) is 2.44. The monoisotopic (exact) mass is 355 g/mol. The zero-order chi connectivity index (χ0) is 18.9. The molecule has 1 unspecified atom stereocenters.